The number of hydrogen-bond donors (Lipinski definition) is 0. The van der Waals surface area contributed by atoms with Crippen molar-refractivity contribution in [3.05, 3.63) is 101 Å². The van der Waals surface area contributed by atoms with Gasteiger partial charge in [-0.1, -0.05) is 78.9 Å². The van der Waals surface area contributed by atoms with Crippen LogP contribution in [0.25, 0.3) is 27.3 Å². The maximum absolute atomic E-state index is 12.7. The van der Waals surface area contributed by atoms with Crippen LogP contribution in [0.4, 0.5) is 0 Å². The minimum Gasteiger partial charge on any atom is -0.410 e. The summed E-state index contributed by atoms with van der Waals surface area (Å²) in [6, 6.07) is 29.8. The van der Waals surface area contributed by atoms with Gasteiger partial charge in [0.25, 0.3) is 0 Å². The molecule has 0 fully saturated rings. The SMILES string of the molecule is O=c1op(-c2ccccc2)c(-c2ccccc2)c1-c1ccccc1. The average molecular weight is 330 g/mol. The Morgan fingerprint density at radius 1 is 0.625 bits per heavy atom. The first kappa shape index (κ1) is 14.7. The first-order chi connectivity index (χ1) is 11.8. The Morgan fingerprint density at radius 3 is 1.71 bits per heavy atom. The van der Waals surface area contributed by atoms with Crippen molar-refractivity contribution >= 4 is 7.77 Å². The largest absolute Gasteiger partial charge is 0.410 e. The van der Waals surface area contributed by atoms with E-state index in [1.807, 2.05) is 91.0 Å². The summed E-state index contributed by atoms with van der Waals surface area (Å²) in [5, 5.41) is 2.04. The molecule has 1 unspecified atom stereocenters. The maximum Gasteiger partial charge on any atom is 0.347 e. The quantitative estimate of drug-likeness (QED) is 0.464. The normalized spacial score (nSPS) is 11.4. The van der Waals surface area contributed by atoms with Gasteiger partial charge in [-0.2, -0.15) is 0 Å². The lowest BCUT2D eigenvalue weighted by molar-refractivity contribution is 0.644. The summed E-state index contributed by atoms with van der Waals surface area (Å²) >= 11 is 0. The molecule has 0 bridgehead atoms. The van der Waals surface area contributed by atoms with E-state index in [1.54, 1.807) is 0 Å². The van der Waals surface area contributed by atoms with E-state index in [-0.39, 0.29) is 5.63 Å². The first-order valence-electron chi connectivity index (χ1n) is 7.77. The van der Waals surface area contributed by atoms with Crippen LogP contribution in [0.15, 0.2) is 100.0 Å². The Hall–Kier alpha value is -2.83. The van der Waals surface area contributed by atoms with Gasteiger partial charge in [-0.3, -0.25) is 0 Å². The molecule has 0 aliphatic carbocycles. The first-order valence-corrected chi connectivity index (χ1v) is 9.03. The number of rotatable bonds is 3. The second-order valence-electron chi connectivity index (χ2n) is 5.46. The number of hydrogen-bond acceptors (Lipinski definition) is 2. The number of benzene rings is 3. The van der Waals surface area contributed by atoms with Crippen LogP contribution in [-0.4, -0.2) is 0 Å². The lowest BCUT2D eigenvalue weighted by Crippen LogP contribution is -1.96. The summed E-state index contributed by atoms with van der Waals surface area (Å²) in [6.45, 7) is 0. The van der Waals surface area contributed by atoms with E-state index < -0.39 is 7.77 Å². The molecule has 0 aliphatic rings. The van der Waals surface area contributed by atoms with Crippen LogP contribution >= 0.6 is 7.77 Å². The summed E-state index contributed by atoms with van der Waals surface area (Å²) in [5.41, 5.74) is 2.38. The van der Waals surface area contributed by atoms with E-state index in [2.05, 4.69) is 0 Å². The Kier molecular flexibility index (Phi) is 3.90. The highest BCUT2D eigenvalue weighted by Crippen LogP contribution is 2.51. The van der Waals surface area contributed by atoms with E-state index in [1.165, 1.54) is 0 Å². The van der Waals surface area contributed by atoms with E-state index in [0.717, 1.165) is 21.7 Å². The van der Waals surface area contributed by atoms with Gasteiger partial charge in [0.2, 0.25) is 0 Å². The Morgan fingerprint density at radius 2 is 1.12 bits per heavy atom. The van der Waals surface area contributed by atoms with Crippen molar-refractivity contribution in [3.63, 3.8) is 0 Å². The Bertz CT molecular complexity index is 1000. The highest BCUT2D eigenvalue weighted by Gasteiger charge is 2.22. The highest BCUT2D eigenvalue weighted by atomic mass is 31.1. The summed E-state index contributed by atoms with van der Waals surface area (Å²) < 4.78 is 5.83. The van der Waals surface area contributed by atoms with Crippen molar-refractivity contribution < 1.29 is 4.20 Å². The topological polar surface area (TPSA) is 30.2 Å². The van der Waals surface area contributed by atoms with Gasteiger partial charge in [0.15, 0.2) is 0 Å². The third-order valence-corrected chi connectivity index (χ3v) is 5.92. The molecule has 3 heteroatoms. The fraction of sp³-hybridized carbons (Fsp3) is 0. The van der Waals surface area contributed by atoms with E-state index >= 15 is 0 Å². The van der Waals surface area contributed by atoms with Gasteiger partial charge >= 0.3 is 5.63 Å². The van der Waals surface area contributed by atoms with Crippen molar-refractivity contribution in [1.29, 1.82) is 0 Å². The summed E-state index contributed by atoms with van der Waals surface area (Å²) in [4.78, 5) is 12.7. The lowest BCUT2D eigenvalue weighted by Gasteiger charge is -2.06. The molecule has 0 amide bonds. The molecule has 24 heavy (non-hydrogen) atoms. The molecule has 116 valence electrons. The molecule has 4 aromatic rings. The summed E-state index contributed by atoms with van der Waals surface area (Å²) in [6.07, 6.45) is 0. The van der Waals surface area contributed by atoms with Gasteiger partial charge in [-0.15, -0.1) is 0 Å². The van der Waals surface area contributed by atoms with Gasteiger partial charge in [-0.05, 0) is 23.3 Å². The van der Waals surface area contributed by atoms with Crippen molar-refractivity contribution in [2.45, 2.75) is 0 Å². The van der Waals surface area contributed by atoms with Gasteiger partial charge in [0, 0.05) is 5.30 Å². The molecule has 0 saturated carbocycles. The molecular weight excluding hydrogens is 315 g/mol. The van der Waals surface area contributed by atoms with E-state index in [0.29, 0.717) is 5.56 Å². The molecule has 0 N–H and O–H groups in total. The van der Waals surface area contributed by atoms with Crippen LogP contribution in [0.3, 0.4) is 0 Å². The molecule has 0 radical (unpaired) electrons. The maximum atomic E-state index is 12.7. The molecule has 0 saturated heterocycles. The van der Waals surface area contributed by atoms with Crippen LogP contribution in [0.5, 0.6) is 0 Å². The average Bonchev–Trinajstić information content (AvgIpc) is 3.01. The zero-order valence-electron chi connectivity index (χ0n) is 12.9. The second kappa shape index (κ2) is 6.35. The van der Waals surface area contributed by atoms with Crippen molar-refractivity contribution in [1.82, 2.24) is 0 Å². The van der Waals surface area contributed by atoms with Crippen molar-refractivity contribution in [2.75, 3.05) is 0 Å². The molecule has 4 rings (SSSR count). The van der Waals surface area contributed by atoms with Crippen molar-refractivity contribution in [2.24, 2.45) is 0 Å². The minimum absolute atomic E-state index is 0.241. The minimum atomic E-state index is -1.15. The molecular formula is C21H15O2P. The second-order valence-corrected chi connectivity index (χ2v) is 7.20. The summed E-state index contributed by atoms with van der Waals surface area (Å²) in [7, 11) is -1.15. The lowest BCUT2D eigenvalue weighted by atomic mass is 10.0. The molecule has 0 aliphatic heterocycles. The van der Waals surface area contributed by atoms with Gasteiger partial charge in [0.1, 0.15) is 0 Å². The van der Waals surface area contributed by atoms with E-state index in [9.17, 15) is 4.79 Å². The molecule has 1 heterocycles. The van der Waals surface area contributed by atoms with Gasteiger partial charge in [-0.25, -0.2) is 4.79 Å². The predicted octanol–water partition coefficient (Wildman–Crippen LogP) is 5.95. The smallest absolute Gasteiger partial charge is 0.347 e. The monoisotopic (exact) mass is 330 g/mol. The fourth-order valence-corrected chi connectivity index (χ4v) is 4.80. The molecule has 1 atom stereocenters. The fourth-order valence-electron chi connectivity index (χ4n) is 2.83. The van der Waals surface area contributed by atoms with Crippen LogP contribution < -0.4 is 5.63 Å². The zero-order valence-corrected chi connectivity index (χ0v) is 13.8. The van der Waals surface area contributed by atoms with Crippen LogP contribution in [0.1, 0.15) is 0 Å². The van der Waals surface area contributed by atoms with Crippen molar-refractivity contribution in [3.8, 4) is 27.3 Å². The van der Waals surface area contributed by atoms with Crippen LogP contribution in [0, 0.1) is 0 Å². The zero-order chi connectivity index (χ0) is 16.4. The molecule has 1 aromatic heterocycles. The van der Waals surface area contributed by atoms with Crippen LogP contribution in [0.2, 0.25) is 0 Å². The Balaban J connectivity index is 2.05. The van der Waals surface area contributed by atoms with Gasteiger partial charge < -0.3 is 4.20 Å². The van der Waals surface area contributed by atoms with Crippen LogP contribution in [-0.2, 0) is 0 Å². The third-order valence-electron chi connectivity index (χ3n) is 3.92. The Labute approximate surface area is 141 Å². The molecule has 0 spiro atoms. The third kappa shape index (κ3) is 2.62. The molecule has 2 nitrogen and oxygen atoms in total. The molecule has 3 aromatic carbocycles. The van der Waals surface area contributed by atoms with Gasteiger partial charge in [0.05, 0.1) is 18.6 Å². The standard InChI is InChI=1S/C21H15O2P/c22-21-19(16-10-4-1-5-11-16)20(17-12-6-2-7-13-17)24(23-21)18-14-8-3-9-15-18/h1-15H. The predicted molar refractivity (Wildman–Crippen MR) is 99.9 cm³/mol. The highest BCUT2D eigenvalue weighted by molar-refractivity contribution is 7.55. The summed E-state index contributed by atoms with van der Waals surface area (Å²) in [5.74, 6) is 0. The van der Waals surface area contributed by atoms with E-state index in [4.69, 9.17) is 4.20 Å².